The maximum absolute atomic E-state index is 13.9. The summed E-state index contributed by atoms with van der Waals surface area (Å²) in [4.78, 5) is 14.8. The van der Waals surface area contributed by atoms with Crippen molar-refractivity contribution in [2.75, 3.05) is 45.1 Å². The van der Waals surface area contributed by atoms with Crippen LogP contribution in [0.3, 0.4) is 0 Å². The molecule has 34 heavy (non-hydrogen) atoms. The highest BCUT2D eigenvalue weighted by atomic mass is 19.1. The summed E-state index contributed by atoms with van der Waals surface area (Å²) in [6, 6.07) is 12.1. The van der Waals surface area contributed by atoms with Gasteiger partial charge in [-0.05, 0) is 43.2 Å². The molecule has 9 heteroatoms. The van der Waals surface area contributed by atoms with E-state index in [0.29, 0.717) is 48.9 Å². The van der Waals surface area contributed by atoms with Crippen molar-refractivity contribution in [3.8, 4) is 22.9 Å². The van der Waals surface area contributed by atoms with Crippen LogP contribution < -0.4 is 24.8 Å². The first kappa shape index (κ1) is 21.9. The first-order valence-electron chi connectivity index (χ1n) is 11.1. The molecule has 1 spiro atoms. The largest absolute Gasteiger partial charge is 0.493 e. The van der Waals surface area contributed by atoms with E-state index in [-0.39, 0.29) is 17.4 Å². The molecule has 0 aliphatic carbocycles. The summed E-state index contributed by atoms with van der Waals surface area (Å²) in [6.07, 6.45) is 3.38. The Morgan fingerprint density at radius 1 is 1.03 bits per heavy atom. The molecule has 178 valence electrons. The van der Waals surface area contributed by atoms with Gasteiger partial charge in [-0.3, -0.25) is 0 Å². The van der Waals surface area contributed by atoms with Crippen LogP contribution in [0.5, 0.6) is 17.2 Å². The number of rotatable bonds is 4. The second kappa shape index (κ2) is 8.48. The van der Waals surface area contributed by atoms with E-state index in [0.717, 1.165) is 17.1 Å². The van der Waals surface area contributed by atoms with Gasteiger partial charge in [0.15, 0.2) is 11.5 Å². The van der Waals surface area contributed by atoms with Crippen LogP contribution in [0.4, 0.5) is 20.6 Å². The van der Waals surface area contributed by atoms with E-state index in [2.05, 4.69) is 21.3 Å². The number of likely N-dealkylation sites (tertiary alicyclic amines) is 1. The molecule has 2 amide bonds. The van der Waals surface area contributed by atoms with Crippen molar-refractivity contribution in [1.82, 2.24) is 9.47 Å². The quantitative estimate of drug-likeness (QED) is 0.588. The number of piperidine rings is 1. The fourth-order valence-electron chi connectivity index (χ4n) is 4.95. The summed E-state index contributed by atoms with van der Waals surface area (Å²) in [6.45, 7) is 1.08. The second-order valence-electron chi connectivity index (χ2n) is 8.46. The highest BCUT2D eigenvalue weighted by Crippen LogP contribution is 2.44. The van der Waals surface area contributed by atoms with Crippen LogP contribution in [-0.4, -0.2) is 49.9 Å². The lowest BCUT2D eigenvalue weighted by atomic mass is 9.82. The number of methoxy groups -OCH3 is 3. The number of aromatic nitrogens is 1. The Morgan fingerprint density at radius 3 is 2.38 bits per heavy atom. The zero-order valence-electron chi connectivity index (χ0n) is 19.4. The molecule has 0 saturated carbocycles. The van der Waals surface area contributed by atoms with E-state index in [1.165, 1.54) is 33.5 Å². The summed E-state index contributed by atoms with van der Waals surface area (Å²) in [5.41, 5.74) is 2.99. The molecule has 2 aromatic carbocycles. The van der Waals surface area contributed by atoms with Crippen molar-refractivity contribution in [2.24, 2.45) is 0 Å². The first-order chi connectivity index (χ1) is 16.5. The van der Waals surface area contributed by atoms with Crippen LogP contribution in [0.25, 0.3) is 5.69 Å². The maximum atomic E-state index is 13.9. The van der Waals surface area contributed by atoms with E-state index in [9.17, 15) is 9.18 Å². The predicted octanol–water partition coefficient (Wildman–Crippen LogP) is 4.59. The minimum absolute atomic E-state index is 0.207. The Labute approximate surface area is 197 Å². The molecule has 5 rings (SSSR count). The molecule has 1 saturated heterocycles. The number of halogens is 1. The highest BCUT2D eigenvalue weighted by Gasteiger charge is 2.42. The molecule has 3 heterocycles. The fourth-order valence-corrected chi connectivity index (χ4v) is 4.95. The van der Waals surface area contributed by atoms with Crippen molar-refractivity contribution in [1.29, 1.82) is 0 Å². The Balaban J connectivity index is 1.33. The maximum Gasteiger partial charge on any atom is 0.321 e. The summed E-state index contributed by atoms with van der Waals surface area (Å²) in [5.74, 6) is 1.12. The van der Waals surface area contributed by atoms with E-state index in [1.807, 2.05) is 12.3 Å². The minimum Gasteiger partial charge on any atom is -0.493 e. The van der Waals surface area contributed by atoms with E-state index < -0.39 is 0 Å². The third-order valence-corrected chi connectivity index (χ3v) is 6.65. The SMILES string of the molecule is COc1cc(NC(=O)N2CCC3(CC2)Nc2cc(F)ccc2-n2cccc23)cc(OC)c1OC. The topological polar surface area (TPSA) is 77.0 Å². The summed E-state index contributed by atoms with van der Waals surface area (Å²) >= 11 is 0. The number of anilines is 2. The molecule has 1 aromatic heterocycles. The van der Waals surface area contributed by atoms with Crippen LogP contribution in [0.2, 0.25) is 0 Å². The summed E-state index contributed by atoms with van der Waals surface area (Å²) in [5, 5.41) is 6.52. The van der Waals surface area contributed by atoms with Crippen LogP contribution in [0.15, 0.2) is 48.7 Å². The molecule has 2 aliphatic rings. The van der Waals surface area contributed by atoms with Crippen molar-refractivity contribution in [2.45, 2.75) is 18.4 Å². The highest BCUT2D eigenvalue weighted by molar-refractivity contribution is 5.90. The molecule has 3 aromatic rings. The van der Waals surface area contributed by atoms with Crippen LogP contribution in [-0.2, 0) is 5.54 Å². The average molecular weight is 467 g/mol. The Bertz CT molecular complexity index is 1210. The van der Waals surface area contributed by atoms with Crippen molar-refractivity contribution in [3.05, 3.63) is 60.2 Å². The molecule has 0 bridgehead atoms. The lowest BCUT2D eigenvalue weighted by molar-refractivity contribution is 0.174. The molecule has 2 aliphatic heterocycles. The molecule has 1 fully saturated rings. The van der Waals surface area contributed by atoms with Crippen LogP contribution in [0, 0.1) is 5.82 Å². The fraction of sp³-hybridized carbons (Fsp3) is 0.320. The molecule has 2 N–H and O–H groups in total. The lowest BCUT2D eigenvalue weighted by Crippen LogP contribution is -2.51. The Hall–Kier alpha value is -3.88. The van der Waals surface area contributed by atoms with Gasteiger partial charge in [0.05, 0.1) is 43.9 Å². The van der Waals surface area contributed by atoms with Gasteiger partial charge >= 0.3 is 6.03 Å². The van der Waals surface area contributed by atoms with E-state index >= 15 is 0 Å². The van der Waals surface area contributed by atoms with Crippen molar-refractivity contribution >= 4 is 17.4 Å². The number of fused-ring (bicyclic) bond motifs is 4. The number of amides is 2. The standard InChI is InChI=1S/C25H27FN4O4/c1-32-20-14-17(15-21(33-2)23(20)34-3)27-24(31)29-11-8-25(9-12-29)22-5-4-10-30(22)19-7-6-16(26)13-18(19)28-25/h4-7,10,13-15,28H,8-9,11-12H2,1-3H3,(H,27,31). The third kappa shape index (κ3) is 3.57. The molecular weight excluding hydrogens is 439 g/mol. The van der Waals surface area contributed by atoms with Gasteiger partial charge in [-0.1, -0.05) is 0 Å². The van der Waals surface area contributed by atoms with Crippen LogP contribution >= 0.6 is 0 Å². The Morgan fingerprint density at radius 2 is 1.74 bits per heavy atom. The number of hydrogen-bond acceptors (Lipinski definition) is 5. The molecule has 0 unspecified atom stereocenters. The smallest absolute Gasteiger partial charge is 0.321 e. The van der Waals surface area contributed by atoms with Gasteiger partial charge in [0.1, 0.15) is 5.82 Å². The third-order valence-electron chi connectivity index (χ3n) is 6.65. The predicted molar refractivity (Wildman–Crippen MR) is 127 cm³/mol. The lowest BCUT2D eigenvalue weighted by Gasteiger charge is -2.46. The van der Waals surface area contributed by atoms with Crippen LogP contribution in [0.1, 0.15) is 18.5 Å². The molecule has 0 radical (unpaired) electrons. The normalized spacial score (nSPS) is 15.7. The number of carbonyl (C=O) groups is 1. The minimum atomic E-state index is -0.367. The first-order valence-corrected chi connectivity index (χ1v) is 11.1. The van der Waals surface area contributed by atoms with Gasteiger partial charge in [0, 0.05) is 37.1 Å². The van der Waals surface area contributed by atoms with Crippen molar-refractivity contribution in [3.63, 3.8) is 0 Å². The number of nitrogens with zero attached hydrogens (tertiary/aromatic N) is 2. The molecule has 8 nitrogen and oxygen atoms in total. The summed E-state index contributed by atoms with van der Waals surface area (Å²) in [7, 11) is 4.60. The van der Waals surface area contributed by atoms with E-state index in [4.69, 9.17) is 14.2 Å². The van der Waals surface area contributed by atoms with E-state index in [1.54, 1.807) is 23.1 Å². The van der Waals surface area contributed by atoms with Gasteiger partial charge < -0.3 is 34.3 Å². The summed E-state index contributed by atoms with van der Waals surface area (Å²) < 4.78 is 32.2. The zero-order chi connectivity index (χ0) is 23.9. The number of hydrogen-bond donors (Lipinski definition) is 2. The molecular formula is C25H27FN4O4. The number of urea groups is 1. The van der Waals surface area contributed by atoms with Gasteiger partial charge in [-0.15, -0.1) is 0 Å². The second-order valence-corrected chi connectivity index (χ2v) is 8.46. The number of carbonyl (C=O) groups excluding carboxylic acids is 1. The number of ether oxygens (including phenoxy) is 3. The van der Waals surface area contributed by atoms with Crippen molar-refractivity contribution < 1.29 is 23.4 Å². The Kier molecular flexibility index (Phi) is 5.47. The number of benzene rings is 2. The van der Waals surface area contributed by atoms with Gasteiger partial charge in [-0.2, -0.15) is 0 Å². The van der Waals surface area contributed by atoms with Gasteiger partial charge in [0.2, 0.25) is 5.75 Å². The average Bonchev–Trinajstić information content (AvgIpc) is 3.35. The zero-order valence-corrected chi connectivity index (χ0v) is 19.4. The monoisotopic (exact) mass is 466 g/mol. The molecule has 0 atom stereocenters. The van der Waals surface area contributed by atoms with Gasteiger partial charge in [0.25, 0.3) is 0 Å². The van der Waals surface area contributed by atoms with Gasteiger partial charge in [-0.25, -0.2) is 9.18 Å². The number of nitrogens with one attached hydrogen (secondary N) is 2.